The first kappa shape index (κ1) is 28.1. The first-order valence-electron chi connectivity index (χ1n) is 12.5. The molecule has 1 aromatic heterocycles. The van der Waals surface area contributed by atoms with Crippen LogP contribution in [0.4, 0.5) is 19.0 Å². The van der Waals surface area contributed by atoms with E-state index in [4.69, 9.17) is 15.7 Å². The summed E-state index contributed by atoms with van der Waals surface area (Å²) in [6.45, 7) is 1.13. The van der Waals surface area contributed by atoms with Crippen LogP contribution in [0.3, 0.4) is 0 Å². The molecular formula is C28H29F3N4O4. The van der Waals surface area contributed by atoms with E-state index < -0.39 is 23.6 Å². The molecule has 0 saturated carbocycles. The van der Waals surface area contributed by atoms with Gasteiger partial charge in [-0.2, -0.15) is 13.2 Å². The highest BCUT2D eigenvalue weighted by Gasteiger charge is 2.30. The molecule has 11 heteroatoms. The van der Waals surface area contributed by atoms with E-state index in [-0.39, 0.29) is 30.5 Å². The van der Waals surface area contributed by atoms with Gasteiger partial charge in [0, 0.05) is 25.3 Å². The largest absolute Gasteiger partial charge is 0.481 e. The van der Waals surface area contributed by atoms with Crippen LogP contribution in [0.5, 0.6) is 0 Å². The third-order valence-corrected chi connectivity index (χ3v) is 6.62. The second kappa shape index (κ2) is 12.3. The van der Waals surface area contributed by atoms with Crippen LogP contribution in [0.25, 0.3) is 11.1 Å². The number of anilines is 1. The fourth-order valence-electron chi connectivity index (χ4n) is 4.48. The third-order valence-electron chi connectivity index (χ3n) is 6.62. The first-order valence-corrected chi connectivity index (χ1v) is 12.5. The van der Waals surface area contributed by atoms with Gasteiger partial charge in [0.05, 0.1) is 30.2 Å². The van der Waals surface area contributed by atoms with Crippen LogP contribution in [-0.2, 0) is 15.7 Å². The summed E-state index contributed by atoms with van der Waals surface area (Å²) in [5.74, 6) is 4.77. The third kappa shape index (κ3) is 7.33. The molecule has 0 bridgehead atoms. The van der Waals surface area contributed by atoms with Crippen LogP contribution >= 0.6 is 0 Å². The molecule has 0 spiro atoms. The molecule has 1 fully saturated rings. The fraction of sp³-hybridized carbons (Fsp3) is 0.321. The Balaban J connectivity index is 1.50. The number of pyridine rings is 1. The summed E-state index contributed by atoms with van der Waals surface area (Å²) in [4.78, 5) is 27.6. The molecule has 0 radical (unpaired) electrons. The first-order chi connectivity index (χ1) is 18.6. The molecule has 1 saturated heterocycles. The molecule has 2 unspecified atom stereocenters. The maximum absolute atomic E-state index is 12.9. The van der Waals surface area contributed by atoms with Crippen molar-refractivity contribution >= 4 is 17.7 Å². The lowest BCUT2D eigenvalue weighted by atomic mass is 9.88. The second-order valence-electron chi connectivity index (χ2n) is 9.37. The minimum Gasteiger partial charge on any atom is -0.481 e. The van der Waals surface area contributed by atoms with Gasteiger partial charge in [-0.25, -0.2) is 10.8 Å². The Labute approximate surface area is 223 Å². The molecule has 3 aromatic rings. The summed E-state index contributed by atoms with van der Waals surface area (Å²) in [6.07, 6.45) is -1.42. The van der Waals surface area contributed by atoms with E-state index in [0.717, 1.165) is 41.1 Å². The Hall–Kier alpha value is -3.96. The molecule has 1 aliphatic rings. The predicted molar refractivity (Wildman–Crippen MR) is 139 cm³/mol. The van der Waals surface area contributed by atoms with E-state index in [1.54, 1.807) is 12.1 Å². The maximum atomic E-state index is 12.9. The molecule has 39 heavy (non-hydrogen) atoms. The number of benzene rings is 2. The topological polar surface area (TPSA) is 118 Å². The summed E-state index contributed by atoms with van der Waals surface area (Å²) in [5, 5.41) is 13.1. The number of amides is 1. The van der Waals surface area contributed by atoms with E-state index in [9.17, 15) is 22.8 Å². The molecule has 2 atom stereocenters. The van der Waals surface area contributed by atoms with Gasteiger partial charge < -0.3 is 15.2 Å². The summed E-state index contributed by atoms with van der Waals surface area (Å²) >= 11 is 0. The zero-order valence-electron chi connectivity index (χ0n) is 21.0. The second-order valence-corrected chi connectivity index (χ2v) is 9.37. The fourth-order valence-corrected chi connectivity index (χ4v) is 4.48. The summed E-state index contributed by atoms with van der Waals surface area (Å²) in [6, 6.07) is 15.7. The zero-order chi connectivity index (χ0) is 28.0. The molecule has 0 aliphatic carbocycles. The number of ether oxygens (including phenoxy) is 1. The van der Waals surface area contributed by atoms with Crippen molar-refractivity contribution in [1.29, 1.82) is 0 Å². The molecule has 206 valence electrons. The maximum Gasteiger partial charge on any atom is 0.416 e. The number of nitrogens with zero attached hydrogens (tertiary/aromatic N) is 2. The van der Waals surface area contributed by atoms with Gasteiger partial charge in [-0.15, -0.1) is 0 Å². The number of rotatable bonds is 9. The van der Waals surface area contributed by atoms with E-state index in [1.165, 1.54) is 18.3 Å². The van der Waals surface area contributed by atoms with Gasteiger partial charge in [0.15, 0.2) is 0 Å². The lowest BCUT2D eigenvalue weighted by Gasteiger charge is -2.32. The van der Waals surface area contributed by atoms with Crippen LogP contribution in [0.1, 0.15) is 46.8 Å². The molecular weight excluding hydrogens is 513 g/mol. The summed E-state index contributed by atoms with van der Waals surface area (Å²) in [7, 11) is 0. The van der Waals surface area contributed by atoms with E-state index in [1.807, 2.05) is 24.3 Å². The number of hydrogen-bond donors (Lipinski definition) is 3. The number of aromatic nitrogens is 1. The summed E-state index contributed by atoms with van der Waals surface area (Å²) in [5.41, 5.74) is 1.97. The van der Waals surface area contributed by atoms with E-state index in [0.29, 0.717) is 24.6 Å². The van der Waals surface area contributed by atoms with Gasteiger partial charge >= 0.3 is 12.1 Å². The van der Waals surface area contributed by atoms with Crippen LogP contribution in [0, 0.1) is 5.92 Å². The lowest BCUT2D eigenvalue weighted by Crippen LogP contribution is -2.39. The number of nitrogens with two attached hydrogens (primary N) is 1. The Morgan fingerprint density at radius 1 is 1.08 bits per heavy atom. The number of carboxylic acid groups (broad SMARTS) is 1. The van der Waals surface area contributed by atoms with Crippen molar-refractivity contribution in [1.82, 2.24) is 9.99 Å². The highest BCUT2D eigenvalue weighted by Crippen LogP contribution is 2.34. The number of carbonyl (C=O) groups is 2. The average Bonchev–Trinajstić information content (AvgIpc) is 2.95. The van der Waals surface area contributed by atoms with Gasteiger partial charge in [0.2, 0.25) is 0 Å². The van der Waals surface area contributed by atoms with Crippen molar-refractivity contribution < 1.29 is 32.6 Å². The minimum absolute atomic E-state index is 0.125. The van der Waals surface area contributed by atoms with Gasteiger partial charge in [-0.1, -0.05) is 36.4 Å². The Bertz CT molecular complexity index is 1260. The predicted octanol–water partition coefficient (Wildman–Crippen LogP) is 5.14. The van der Waals surface area contributed by atoms with Gasteiger partial charge in [-0.3, -0.25) is 14.6 Å². The average molecular weight is 543 g/mol. The minimum atomic E-state index is -4.38. The molecule has 8 nitrogen and oxygen atoms in total. The monoisotopic (exact) mass is 542 g/mol. The Morgan fingerprint density at radius 2 is 1.74 bits per heavy atom. The number of hydrazine groups is 1. The highest BCUT2D eigenvalue weighted by molar-refractivity contribution is 5.93. The Morgan fingerprint density at radius 3 is 2.28 bits per heavy atom. The number of nitrogens with one attached hydrogen (secondary N) is 1. The van der Waals surface area contributed by atoms with Crippen molar-refractivity contribution in [3.8, 4) is 11.1 Å². The molecule has 1 amide bonds. The number of carbonyl (C=O) groups excluding carboxylic acids is 1. The van der Waals surface area contributed by atoms with Gasteiger partial charge in [0.25, 0.3) is 5.91 Å². The zero-order valence-corrected chi connectivity index (χ0v) is 21.0. The normalized spacial score (nSPS) is 16.4. The SMILES string of the molecule is NN(CCC(=O)O)C(=O)c1ccc(NC(c2ccc(-c3ccc(C(F)(F)F)cc3)cc2)C2CCCOC2)nc1. The van der Waals surface area contributed by atoms with Crippen molar-refractivity contribution in [2.24, 2.45) is 11.8 Å². The Kier molecular flexibility index (Phi) is 8.82. The molecule has 2 heterocycles. The van der Waals surface area contributed by atoms with Gasteiger partial charge in [0.1, 0.15) is 5.82 Å². The molecule has 1 aliphatic heterocycles. The summed E-state index contributed by atoms with van der Waals surface area (Å²) < 4.78 is 44.4. The van der Waals surface area contributed by atoms with Crippen LogP contribution in [-0.4, -0.2) is 46.7 Å². The number of halogens is 3. The van der Waals surface area contributed by atoms with Crippen molar-refractivity contribution in [2.75, 3.05) is 25.1 Å². The quantitative estimate of drug-likeness (QED) is 0.195. The van der Waals surface area contributed by atoms with Crippen molar-refractivity contribution in [2.45, 2.75) is 31.5 Å². The van der Waals surface area contributed by atoms with Gasteiger partial charge in [-0.05, 0) is 53.8 Å². The van der Waals surface area contributed by atoms with E-state index in [2.05, 4.69) is 10.3 Å². The number of hydrogen-bond acceptors (Lipinski definition) is 6. The smallest absolute Gasteiger partial charge is 0.416 e. The highest BCUT2D eigenvalue weighted by atomic mass is 19.4. The van der Waals surface area contributed by atoms with E-state index >= 15 is 0 Å². The molecule has 4 N–H and O–H groups in total. The van der Waals surface area contributed by atoms with Crippen molar-refractivity contribution in [3.63, 3.8) is 0 Å². The van der Waals surface area contributed by atoms with Crippen LogP contribution in [0.15, 0.2) is 66.9 Å². The van der Waals surface area contributed by atoms with Crippen LogP contribution in [0.2, 0.25) is 0 Å². The molecule has 4 rings (SSSR count). The number of alkyl halides is 3. The lowest BCUT2D eigenvalue weighted by molar-refractivity contribution is -0.138. The standard InChI is InChI=1S/C28H29F3N4O4/c29-28(30,31)23-10-7-19(8-11-23)18-3-5-20(6-4-18)26(22-2-1-15-39-17-22)34-24-12-9-21(16-33-24)27(38)35(32)14-13-25(36)37/h3-12,16,22,26H,1-2,13-15,17,32H2,(H,33,34)(H,36,37). The van der Waals surface area contributed by atoms with Crippen molar-refractivity contribution in [3.05, 3.63) is 83.6 Å². The number of aliphatic carboxylic acids is 1. The molecule has 2 aromatic carbocycles. The number of carboxylic acids is 1. The van der Waals surface area contributed by atoms with Crippen LogP contribution < -0.4 is 11.2 Å².